The van der Waals surface area contributed by atoms with Gasteiger partial charge in [0.25, 0.3) is 0 Å². The first-order valence-electron chi connectivity index (χ1n) is 4.19. The van der Waals surface area contributed by atoms with E-state index in [4.69, 9.17) is 5.73 Å². The predicted molar refractivity (Wildman–Crippen MR) is 48.2 cm³/mol. The van der Waals surface area contributed by atoms with Crippen molar-refractivity contribution >= 4 is 10.0 Å². The maximum Gasteiger partial charge on any atom is 0.213 e. The molecule has 0 heterocycles. The lowest BCUT2D eigenvalue weighted by Crippen LogP contribution is -2.51. The minimum atomic E-state index is -3.13. The molecule has 0 radical (unpaired) electrons. The van der Waals surface area contributed by atoms with Crippen molar-refractivity contribution in [2.45, 2.75) is 31.7 Å². The molecular weight excluding hydrogens is 176 g/mol. The van der Waals surface area contributed by atoms with Gasteiger partial charge in [-0.1, -0.05) is 0 Å². The maximum atomic E-state index is 11.2. The van der Waals surface area contributed by atoms with Crippen LogP contribution >= 0.6 is 0 Å². The number of rotatable bonds is 4. The van der Waals surface area contributed by atoms with E-state index in [9.17, 15) is 8.42 Å². The molecule has 0 aliphatic heterocycles. The summed E-state index contributed by atoms with van der Waals surface area (Å²) < 4.78 is 25.2. The van der Waals surface area contributed by atoms with Gasteiger partial charge in [0.15, 0.2) is 0 Å². The summed E-state index contributed by atoms with van der Waals surface area (Å²) in [5, 5.41) is 0. The van der Waals surface area contributed by atoms with E-state index in [0.717, 1.165) is 19.3 Å². The Balaban J connectivity index is 2.49. The van der Waals surface area contributed by atoms with Crippen LogP contribution in [0.1, 0.15) is 26.2 Å². The summed E-state index contributed by atoms with van der Waals surface area (Å²) in [7, 11) is -3.13. The topological polar surface area (TPSA) is 72.2 Å². The highest BCUT2D eigenvalue weighted by Gasteiger charge is 2.35. The molecule has 0 atom stereocenters. The summed E-state index contributed by atoms with van der Waals surface area (Å²) in [6.07, 6.45) is 3.00. The molecule has 0 bridgehead atoms. The second kappa shape index (κ2) is 3.32. The molecule has 72 valence electrons. The van der Waals surface area contributed by atoms with Crippen molar-refractivity contribution < 1.29 is 8.42 Å². The van der Waals surface area contributed by atoms with Crippen LogP contribution in [0.4, 0.5) is 0 Å². The van der Waals surface area contributed by atoms with Crippen LogP contribution in [0.2, 0.25) is 0 Å². The number of hydrogen-bond acceptors (Lipinski definition) is 3. The number of sulfonamides is 1. The Morgan fingerprint density at radius 1 is 1.50 bits per heavy atom. The normalized spacial score (nSPS) is 21.8. The molecule has 1 fully saturated rings. The second-order valence-electron chi connectivity index (χ2n) is 3.62. The molecule has 1 saturated carbocycles. The summed E-state index contributed by atoms with van der Waals surface area (Å²) in [6, 6.07) is 0. The molecule has 1 aliphatic carbocycles. The molecule has 3 N–H and O–H groups in total. The van der Waals surface area contributed by atoms with E-state index in [-0.39, 0.29) is 17.8 Å². The van der Waals surface area contributed by atoms with Gasteiger partial charge in [0.2, 0.25) is 10.0 Å². The van der Waals surface area contributed by atoms with E-state index < -0.39 is 10.0 Å². The van der Waals surface area contributed by atoms with Gasteiger partial charge in [-0.3, -0.25) is 0 Å². The predicted octanol–water partition coefficient (Wildman–Crippen LogP) is -0.193. The van der Waals surface area contributed by atoms with Crippen LogP contribution in [-0.2, 0) is 10.0 Å². The molecule has 5 heteroatoms. The van der Waals surface area contributed by atoms with E-state index >= 15 is 0 Å². The third kappa shape index (κ3) is 2.43. The summed E-state index contributed by atoms with van der Waals surface area (Å²) in [6.45, 7) is 2.12. The fourth-order valence-electron chi connectivity index (χ4n) is 1.39. The van der Waals surface area contributed by atoms with Crippen LogP contribution in [0.15, 0.2) is 0 Å². The van der Waals surface area contributed by atoms with E-state index in [1.807, 2.05) is 6.92 Å². The van der Waals surface area contributed by atoms with Crippen LogP contribution in [0.5, 0.6) is 0 Å². The molecule has 0 amide bonds. The largest absolute Gasteiger partial charge is 0.329 e. The third-order valence-corrected chi connectivity index (χ3v) is 3.82. The highest BCUT2D eigenvalue weighted by molar-refractivity contribution is 7.89. The first-order valence-corrected chi connectivity index (χ1v) is 5.84. The zero-order valence-electron chi connectivity index (χ0n) is 7.34. The van der Waals surface area contributed by atoms with Crippen molar-refractivity contribution in [3.8, 4) is 0 Å². The number of nitrogens with two attached hydrogens (primary N) is 1. The molecule has 0 spiro atoms. The molecule has 0 aromatic carbocycles. The number of nitrogens with one attached hydrogen (secondary N) is 1. The van der Waals surface area contributed by atoms with E-state index in [2.05, 4.69) is 4.72 Å². The van der Waals surface area contributed by atoms with Gasteiger partial charge < -0.3 is 5.73 Å². The van der Waals surface area contributed by atoms with Crippen LogP contribution in [-0.4, -0.2) is 26.3 Å². The zero-order valence-corrected chi connectivity index (χ0v) is 8.15. The molecule has 0 saturated heterocycles. The minimum Gasteiger partial charge on any atom is -0.329 e. The van der Waals surface area contributed by atoms with Crippen molar-refractivity contribution in [2.75, 3.05) is 12.3 Å². The molecule has 12 heavy (non-hydrogen) atoms. The van der Waals surface area contributed by atoms with Crippen molar-refractivity contribution in [2.24, 2.45) is 5.73 Å². The molecule has 0 aromatic rings. The monoisotopic (exact) mass is 192 g/mol. The van der Waals surface area contributed by atoms with Crippen LogP contribution in [0.25, 0.3) is 0 Å². The second-order valence-corrected chi connectivity index (χ2v) is 5.47. The summed E-state index contributed by atoms with van der Waals surface area (Å²) in [5.41, 5.74) is 4.99. The van der Waals surface area contributed by atoms with Crippen molar-refractivity contribution in [1.82, 2.24) is 4.72 Å². The fourth-order valence-corrected chi connectivity index (χ4v) is 2.76. The maximum absolute atomic E-state index is 11.2. The quantitative estimate of drug-likeness (QED) is 0.648. The van der Waals surface area contributed by atoms with Gasteiger partial charge in [0.05, 0.1) is 5.75 Å². The lowest BCUT2D eigenvalue weighted by atomic mass is 9.80. The van der Waals surface area contributed by atoms with Crippen LogP contribution < -0.4 is 10.5 Å². The van der Waals surface area contributed by atoms with Gasteiger partial charge in [0, 0.05) is 12.1 Å². The first-order chi connectivity index (χ1) is 5.47. The average molecular weight is 192 g/mol. The Labute approximate surface area is 73.6 Å². The van der Waals surface area contributed by atoms with Gasteiger partial charge in [-0.05, 0) is 26.2 Å². The van der Waals surface area contributed by atoms with Gasteiger partial charge in [-0.15, -0.1) is 0 Å². The molecule has 1 aliphatic rings. The van der Waals surface area contributed by atoms with Crippen LogP contribution in [0.3, 0.4) is 0 Å². The SMILES string of the molecule is CC1(NS(=O)(=O)CCN)CCC1. The summed E-state index contributed by atoms with van der Waals surface area (Å²) in [5.74, 6) is 0.0303. The van der Waals surface area contributed by atoms with Crippen molar-refractivity contribution in [3.05, 3.63) is 0 Å². The Bertz CT molecular complexity index is 244. The standard InChI is InChI=1S/C7H16N2O2S/c1-7(3-2-4-7)9-12(10,11)6-5-8/h9H,2-6,8H2,1H3. The van der Waals surface area contributed by atoms with Crippen molar-refractivity contribution in [1.29, 1.82) is 0 Å². The minimum absolute atomic E-state index is 0.0303. The van der Waals surface area contributed by atoms with Gasteiger partial charge in [0.1, 0.15) is 0 Å². The lowest BCUT2D eigenvalue weighted by Gasteiger charge is -2.38. The Hall–Kier alpha value is -0.130. The smallest absolute Gasteiger partial charge is 0.213 e. The Kier molecular flexibility index (Phi) is 2.75. The highest BCUT2D eigenvalue weighted by atomic mass is 32.2. The zero-order chi connectivity index (χ0) is 9.24. The number of hydrogen-bond donors (Lipinski definition) is 2. The van der Waals surface area contributed by atoms with Gasteiger partial charge >= 0.3 is 0 Å². The Morgan fingerprint density at radius 2 is 2.08 bits per heavy atom. The molecular formula is C7H16N2O2S. The van der Waals surface area contributed by atoms with E-state index in [1.165, 1.54) is 0 Å². The molecule has 0 unspecified atom stereocenters. The first kappa shape index (κ1) is 9.95. The summed E-state index contributed by atoms with van der Waals surface area (Å²) in [4.78, 5) is 0. The molecule has 1 rings (SSSR count). The van der Waals surface area contributed by atoms with Crippen molar-refractivity contribution in [3.63, 3.8) is 0 Å². The highest BCUT2D eigenvalue weighted by Crippen LogP contribution is 2.31. The molecule has 0 aromatic heterocycles. The Morgan fingerprint density at radius 3 is 2.42 bits per heavy atom. The fraction of sp³-hybridized carbons (Fsp3) is 1.00. The molecule has 4 nitrogen and oxygen atoms in total. The van der Waals surface area contributed by atoms with Gasteiger partial charge in [-0.25, -0.2) is 13.1 Å². The summed E-state index contributed by atoms with van der Waals surface area (Å²) >= 11 is 0. The van der Waals surface area contributed by atoms with Gasteiger partial charge in [-0.2, -0.15) is 0 Å². The third-order valence-electron chi connectivity index (χ3n) is 2.25. The lowest BCUT2D eigenvalue weighted by molar-refractivity contribution is 0.248. The average Bonchev–Trinajstić information content (AvgIpc) is 1.83. The van der Waals surface area contributed by atoms with E-state index in [0.29, 0.717) is 0 Å². The van der Waals surface area contributed by atoms with Crippen LogP contribution in [0, 0.1) is 0 Å². The van der Waals surface area contributed by atoms with E-state index in [1.54, 1.807) is 0 Å².